The smallest absolute Gasteiger partial charge is 0.267 e. The van der Waals surface area contributed by atoms with Gasteiger partial charge in [-0.2, -0.15) is 9.40 Å². The maximum absolute atomic E-state index is 12.9. The van der Waals surface area contributed by atoms with Crippen LogP contribution in [0.15, 0.2) is 64.5 Å². The molecule has 0 bridgehead atoms. The monoisotopic (exact) mass is 410 g/mol. The first-order valence-electron chi connectivity index (χ1n) is 9.28. The molecule has 0 unspecified atom stereocenters. The van der Waals surface area contributed by atoms with Gasteiger partial charge in [0.1, 0.15) is 5.75 Å². The van der Waals surface area contributed by atoms with E-state index < -0.39 is 10.0 Å². The second kappa shape index (κ2) is 6.78. The van der Waals surface area contributed by atoms with Crippen LogP contribution >= 0.6 is 0 Å². The van der Waals surface area contributed by atoms with Gasteiger partial charge in [-0.15, -0.1) is 0 Å². The molecule has 2 aromatic heterocycles. The summed E-state index contributed by atoms with van der Waals surface area (Å²) in [6.07, 6.45) is 4.03. The zero-order valence-electron chi connectivity index (χ0n) is 15.4. The van der Waals surface area contributed by atoms with Crippen molar-refractivity contribution in [2.45, 2.75) is 17.4 Å². The summed E-state index contributed by atoms with van der Waals surface area (Å²) in [5.74, 6) is 0.745. The molecule has 0 spiro atoms. The highest BCUT2D eigenvalue weighted by Gasteiger charge is 2.39. The standard InChI is InChI=1S/C20H18N4O4S/c25-20-4-2-18(14-5-8-21-9-6-14)22-24(20)16-12-23(13-16)29(26,27)17-1-3-19-15(11-17)7-10-28-19/h1-6,8-9,11,16H,7,10,12-13H2. The summed E-state index contributed by atoms with van der Waals surface area (Å²) in [5.41, 5.74) is 2.15. The maximum atomic E-state index is 12.9. The van der Waals surface area contributed by atoms with Crippen molar-refractivity contribution in [3.63, 3.8) is 0 Å². The van der Waals surface area contributed by atoms with Gasteiger partial charge in [0.2, 0.25) is 10.0 Å². The van der Waals surface area contributed by atoms with Gasteiger partial charge >= 0.3 is 0 Å². The molecule has 0 aliphatic carbocycles. The van der Waals surface area contributed by atoms with Gasteiger partial charge in [-0.05, 0) is 42.0 Å². The van der Waals surface area contributed by atoms with Crippen LogP contribution in [0.1, 0.15) is 11.6 Å². The Morgan fingerprint density at radius 2 is 1.83 bits per heavy atom. The molecule has 9 heteroatoms. The van der Waals surface area contributed by atoms with Crippen molar-refractivity contribution in [3.05, 3.63) is 70.8 Å². The third-order valence-corrected chi connectivity index (χ3v) is 7.10. The van der Waals surface area contributed by atoms with Gasteiger partial charge in [0, 0.05) is 43.5 Å². The molecule has 29 heavy (non-hydrogen) atoms. The van der Waals surface area contributed by atoms with Crippen LogP contribution in [0.2, 0.25) is 0 Å². The molecule has 1 fully saturated rings. The van der Waals surface area contributed by atoms with Crippen LogP contribution in [-0.4, -0.2) is 47.2 Å². The van der Waals surface area contributed by atoms with Gasteiger partial charge in [0.05, 0.1) is 23.2 Å². The van der Waals surface area contributed by atoms with Crippen LogP contribution in [0.5, 0.6) is 5.75 Å². The van der Waals surface area contributed by atoms with E-state index in [9.17, 15) is 13.2 Å². The first-order valence-corrected chi connectivity index (χ1v) is 10.7. The number of rotatable bonds is 4. The first-order chi connectivity index (χ1) is 14.0. The normalized spacial score (nSPS) is 16.8. The Morgan fingerprint density at radius 1 is 1.03 bits per heavy atom. The number of ether oxygens (including phenoxy) is 1. The van der Waals surface area contributed by atoms with E-state index in [-0.39, 0.29) is 29.6 Å². The third-order valence-electron chi connectivity index (χ3n) is 5.27. The molecule has 4 heterocycles. The van der Waals surface area contributed by atoms with Crippen LogP contribution in [-0.2, 0) is 16.4 Å². The average molecular weight is 410 g/mol. The van der Waals surface area contributed by atoms with Crippen LogP contribution in [0, 0.1) is 0 Å². The van der Waals surface area contributed by atoms with E-state index in [0.29, 0.717) is 18.7 Å². The Hall–Kier alpha value is -3.04. The zero-order chi connectivity index (χ0) is 20.0. The van der Waals surface area contributed by atoms with Gasteiger partial charge in [0.15, 0.2) is 0 Å². The van der Waals surface area contributed by atoms with E-state index in [1.807, 2.05) is 12.1 Å². The number of sulfonamides is 1. The molecule has 0 atom stereocenters. The predicted octanol–water partition coefficient (Wildman–Crippen LogP) is 1.49. The lowest BCUT2D eigenvalue weighted by molar-refractivity contribution is 0.186. The van der Waals surface area contributed by atoms with Crippen molar-refractivity contribution in [1.29, 1.82) is 0 Å². The molecule has 0 saturated carbocycles. The number of nitrogens with zero attached hydrogens (tertiary/aromatic N) is 4. The number of benzene rings is 1. The molecule has 2 aliphatic rings. The number of hydrogen-bond donors (Lipinski definition) is 0. The molecule has 1 saturated heterocycles. The minimum Gasteiger partial charge on any atom is -0.493 e. The van der Waals surface area contributed by atoms with E-state index in [2.05, 4.69) is 10.1 Å². The fraction of sp³-hybridized carbons (Fsp3) is 0.250. The van der Waals surface area contributed by atoms with Crippen LogP contribution in [0.4, 0.5) is 0 Å². The molecule has 5 rings (SSSR count). The Morgan fingerprint density at radius 3 is 2.62 bits per heavy atom. The highest BCUT2D eigenvalue weighted by molar-refractivity contribution is 7.89. The summed E-state index contributed by atoms with van der Waals surface area (Å²) in [6.45, 7) is 0.998. The highest BCUT2D eigenvalue weighted by atomic mass is 32.2. The van der Waals surface area contributed by atoms with Gasteiger partial charge in [-0.3, -0.25) is 9.78 Å². The van der Waals surface area contributed by atoms with Crippen molar-refractivity contribution >= 4 is 10.0 Å². The second-order valence-electron chi connectivity index (χ2n) is 7.08. The van der Waals surface area contributed by atoms with Crippen molar-refractivity contribution in [3.8, 4) is 17.0 Å². The Kier molecular flexibility index (Phi) is 4.21. The van der Waals surface area contributed by atoms with Gasteiger partial charge < -0.3 is 4.74 Å². The van der Waals surface area contributed by atoms with E-state index in [1.54, 1.807) is 36.7 Å². The largest absolute Gasteiger partial charge is 0.493 e. The Balaban J connectivity index is 1.37. The van der Waals surface area contributed by atoms with E-state index in [1.165, 1.54) is 15.1 Å². The molecule has 0 N–H and O–H groups in total. The molecule has 8 nitrogen and oxygen atoms in total. The summed E-state index contributed by atoms with van der Waals surface area (Å²) < 4.78 is 34.1. The summed E-state index contributed by atoms with van der Waals surface area (Å²) >= 11 is 0. The molecule has 0 amide bonds. The number of pyridine rings is 1. The number of fused-ring (bicyclic) bond motifs is 1. The van der Waals surface area contributed by atoms with Crippen molar-refractivity contribution < 1.29 is 13.2 Å². The van der Waals surface area contributed by atoms with Gasteiger partial charge in [-0.1, -0.05) is 0 Å². The molecule has 148 valence electrons. The SMILES string of the molecule is O=c1ccc(-c2ccncc2)nn1C1CN(S(=O)(=O)c2ccc3c(c2)CCO3)C1. The van der Waals surface area contributed by atoms with Crippen molar-refractivity contribution in [2.24, 2.45) is 0 Å². The van der Waals surface area contributed by atoms with Crippen LogP contribution in [0.25, 0.3) is 11.3 Å². The van der Waals surface area contributed by atoms with Crippen LogP contribution < -0.4 is 10.3 Å². The molecule has 3 aromatic rings. The van der Waals surface area contributed by atoms with Crippen LogP contribution in [0.3, 0.4) is 0 Å². The molecule has 1 aromatic carbocycles. The summed E-state index contributed by atoms with van der Waals surface area (Å²) in [7, 11) is -3.61. The lowest BCUT2D eigenvalue weighted by Gasteiger charge is -2.38. The van der Waals surface area contributed by atoms with Crippen molar-refractivity contribution in [1.82, 2.24) is 19.1 Å². The quantitative estimate of drug-likeness (QED) is 0.647. The maximum Gasteiger partial charge on any atom is 0.267 e. The minimum atomic E-state index is -3.61. The molecular weight excluding hydrogens is 392 g/mol. The molecular formula is C20H18N4O4S. The van der Waals surface area contributed by atoms with E-state index in [4.69, 9.17) is 4.74 Å². The summed E-state index contributed by atoms with van der Waals surface area (Å²) in [4.78, 5) is 16.5. The molecule has 0 radical (unpaired) electrons. The Bertz CT molecular complexity index is 1230. The lowest BCUT2D eigenvalue weighted by atomic mass is 10.1. The number of hydrogen-bond acceptors (Lipinski definition) is 6. The molecule has 2 aliphatic heterocycles. The van der Waals surface area contributed by atoms with E-state index in [0.717, 1.165) is 16.9 Å². The second-order valence-corrected chi connectivity index (χ2v) is 9.02. The van der Waals surface area contributed by atoms with Gasteiger partial charge in [-0.25, -0.2) is 13.1 Å². The number of aromatic nitrogens is 3. The Labute approximate surface area is 167 Å². The topological polar surface area (TPSA) is 94.4 Å². The summed E-state index contributed by atoms with van der Waals surface area (Å²) in [6, 6.07) is 11.4. The lowest BCUT2D eigenvalue weighted by Crippen LogP contribution is -2.53. The highest BCUT2D eigenvalue weighted by Crippen LogP contribution is 2.32. The van der Waals surface area contributed by atoms with E-state index >= 15 is 0 Å². The fourth-order valence-electron chi connectivity index (χ4n) is 3.60. The van der Waals surface area contributed by atoms with Crippen molar-refractivity contribution in [2.75, 3.05) is 19.7 Å². The van der Waals surface area contributed by atoms with Gasteiger partial charge in [0.25, 0.3) is 5.56 Å². The fourth-order valence-corrected chi connectivity index (χ4v) is 5.17. The third kappa shape index (κ3) is 3.12. The minimum absolute atomic E-state index is 0.211. The zero-order valence-corrected chi connectivity index (χ0v) is 16.2. The summed E-state index contributed by atoms with van der Waals surface area (Å²) in [5, 5.41) is 4.44. The first kappa shape index (κ1) is 18.0. The average Bonchev–Trinajstić information content (AvgIpc) is 3.16. The predicted molar refractivity (Wildman–Crippen MR) is 105 cm³/mol.